The van der Waals surface area contributed by atoms with Crippen molar-refractivity contribution in [3.05, 3.63) is 78.5 Å². The Morgan fingerprint density at radius 1 is 1.27 bits per heavy atom. The van der Waals surface area contributed by atoms with E-state index in [4.69, 9.17) is 4.74 Å². The summed E-state index contributed by atoms with van der Waals surface area (Å²) in [7, 11) is 1.64. The second-order valence-corrected chi connectivity index (χ2v) is 9.86. The molecule has 1 aliphatic rings. The maximum Gasteiger partial charge on any atom is 0.141 e. The highest BCUT2D eigenvalue weighted by atomic mass is 79.9. The van der Waals surface area contributed by atoms with Crippen LogP contribution >= 0.6 is 43.2 Å². The van der Waals surface area contributed by atoms with Gasteiger partial charge in [0, 0.05) is 40.8 Å². The molecular formula is C23H19Br2N3OS. The van der Waals surface area contributed by atoms with E-state index in [0.29, 0.717) is 5.56 Å². The number of hydrogen-bond donors (Lipinski definition) is 0. The van der Waals surface area contributed by atoms with Gasteiger partial charge in [0.2, 0.25) is 0 Å². The monoisotopic (exact) mass is 543 g/mol. The van der Waals surface area contributed by atoms with Crippen molar-refractivity contribution in [3.63, 3.8) is 0 Å². The van der Waals surface area contributed by atoms with Crippen molar-refractivity contribution >= 4 is 54.4 Å². The van der Waals surface area contributed by atoms with E-state index in [1.807, 2.05) is 18.2 Å². The number of ether oxygens (including phenoxy) is 1. The van der Waals surface area contributed by atoms with E-state index in [0.717, 1.165) is 56.9 Å². The van der Waals surface area contributed by atoms with Crippen molar-refractivity contribution in [2.75, 3.05) is 13.7 Å². The number of benzene rings is 2. The van der Waals surface area contributed by atoms with E-state index in [1.54, 1.807) is 24.7 Å². The van der Waals surface area contributed by atoms with Gasteiger partial charge < -0.3 is 4.74 Å². The molecular weight excluding hydrogens is 526 g/mol. The highest BCUT2D eigenvalue weighted by molar-refractivity contribution is 9.11. The quantitative estimate of drug-likeness (QED) is 0.346. The van der Waals surface area contributed by atoms with Crippen LogP contribution in [0.3, 0.4) is 0 Å². The number of nitrogens with zero attached hydrogens (tertiary/aromatic N) is 3. The van der Waals surface area contributed by atoms with E-state index in [1.165, 1.54) is 10.4 Å². The van der Waals surface area contributed by atoms with Crippen LogP contribution in [0.5, 0.6) is 5.75 Å². The molecule has 2 aromatic carbocycles. The second kappa shape index (κ2) is 9.44. The zero-order valence-corrected chi connectivity index (χ0v) is 20.3. The molecule has 2 heterocycles. The largest absolute Gasteiger partial charge is 0.495 e. The molecule has 30 heavy (non-hydrogen) atoms. The molecule has 0 N–H and O–H groups in total. The van der Waals surface area contributed by atoms with Gasteiger partial charge in [-0.3, -0.25) is 4.90 Å². The van der Waals surface area contributed by atoms with Crippen molar-refractivity contribution in [1.82, 2.24) is 4.90 Å². The first-order valence-electron chi connectivity index (χ1n) is 9.47. The summed E-state index contributed by atoms with van der Waals surface area (Å²) in [6.07, 6.45) is 2.65. The highest BCUT2D eigenvalue weighted by Gasteiger charge is 2.24. The topological polar surface area (TPSA) is 48.6 Å². The van der Waals surface area contributed by atoms with Crippen LogP contribution in [0, 0.1) is 11.3 Å². The lowest BCUT2D eigenvalue weighted by Crippen LogP contribution is -2.29. The number of methoxy groups -OCH3 is 1. The number of thiophene rings is 1. The highest BCUT2D eigenvalue weighted by Crippen LogP contribution is 2.39. The number of halogens is 2. The summed E-state index contributed by atoms with van der Waals surface area (Å²) in [6.45, 7) is 2.72. The van der Waals surface area contributed by atoms with E-state index in [9.17, 15) is 5.26 Å². The smallest absolute Gasteiger partial charge is 0.141 e. The molecule has 0 aliphatic carbocycles. The molecule has 7 heteroatoms. The Kier molecular flexibility index (Phi) is 6.69. The molecule has 0 amide bonds. The fraction of sp³-hybridized carbons (Fsp3) is 0.217. The van der Waals surface area contributed by atoms with Gasteiger partial charge in [-0.15, -0.1) is 11.3 Å². The molecule has 0 fully saturated rings. The number of aliphatic imine (C=N–C) groups is 1. The summed E-state index contributed by atoms with van der Waals surface area (Å²) in [5.74, 6) is 0.718. The lowest BCUT2D eigenvalue weighted by molar-refractivity contribution is 0.249. The number of fused-ring (bicyclic) bond motifs is 1. The minimum absolute atomic E-state index is 0.707. The third-order valence-electron chi connectivity index (χ3n) is 5.04. The van der Waals surface area contributed by atoms with Gasteiger partial charge in [-0.1, -0.05) is 46.3 Å². The Morgan fingerprint density at radius 3 is 2.80 bits per heavy atom. The molecule has 0 saturated carbocycles. The molecule has 1 aliphatic heterocycles. The van der Waals surface area contributed by atoms with Crippen LogP contribution in [0.1, 0.15) is 27.1 Å². The molecule has 4 rings (SSSR count). The predicted molar refractivity (Wildman–Crippen MR) is 129 cm³/mol. The maximum atomic E-state index is 9.78. The fourth-order valence-electron chi connectivity index (χ4n) is 3.64. The summed E-state index contributed by atoms with van der Waals surface area (Å²) >= 11 is 8.64. The molecule has 0 saturated heterocycles. The summed E-state index contributed by atoms with van der Waals surface area (Å²) in [6, 6.07) is 16.8. The zero-order chi connectivity index (χ0) is 21.1. The molecule has 0 spiro atoms. The van der Waals surface area contributed by atoms with E-state index in [2.05, 4.69) is 72.1 Å². The van der Waals surface area contributed by atoms with Gasteiger partial charge in [0.1, 0.15) is 16.8 Å². The van der Waals surface area contributed by atoms with Crippen molar-refractivity contribution in [2.45, 2.75) is 19.5 Å². The Balaban J connectivity index is 1.60. The Morgan fingerprint density at radius 2 is 2.07 bits per heavy atom. The predicted octanol–water partition coefficient (Wildman–Crippen LogP) is 6.46. The van der Waals surface area contributed by atoms with Gasteiger partial charge in [0.25, 0.3) is 0 Å². The molecule has 0 radical (unpaired) electrons. The van der Waals surface area contributed by atoms with Crippen LogP contribution in [-0.2, 0) is 19.5 Å². The maximum absolute atomic E-state index is 9.78. The summed E-state index contributed by atoms with van der Waals surface area (Å²) in [5.41, 5.74) is 4.02. The Labute approximate surface area is 197 Å². The SMILES string of the molecule is COc1c(Br)cc(Br)cc1C=Nc1sc2c(c1C#N)CCN(Cc1ccccc1)C2. The first-order valence-corrected chi connectivity index (χ1v) is 11.9. The zero-order valence-electron chi connectivity index (χ0n) is 16.4. The average Bonchev–Trinajstić information content (AvgIpc) is 3.09. The van der Waals surface area contributed by atoms with Gasteiger partial charge in [-0.2, -0.15) is 5.26 Å². The van der Waals surface area contributed by atoms with E-state index in [-0.39, 0.29) is 0 Å². The normalized spacial score (nSPS) is 13.9. The molecule has 152 valence electrons. The van der Waals surface area contributed by atoms with Gasteiger partial charge in [0.05, 0.1) is 17.1 Å². The van der Waals surface area contributed by atoms with Gasteiger partial charge >= 0.3 is 0 Å². The Bertz CT molecular complexity index is 1140. The third kappa shape index (κ3) is 4.52. The molecule has 4 nitrogen and oxygen atoms in total. The molecule has 0 bridgehead atoms. The van der Waals surface area contributed by atoms with Crippen molar-refractivity contribution in [1.29, 1.82) is 5.26 Å². The number of nitriles is 1. The van der Waals surface area contributed by atoms with Crippen LogP contribution in [-0.4, -0.2) is 24.8 Å². The van der Waals surface area contributed by atoms with E-state index < -0.39 is 0 Å². The van der Waals surface area contributed by atoms with Crippen molar-refractivity contribution in [2.24, 2.45) is 4.99 Å². The Hall–Kier alpha value is -1.98. The summed E-state index contributed by atoms with van der Waals surface area (Å²) in [4.78, 5) is 8.35. The standard InChI is InChI=1S/C23H19Br2N3OS/c1-29-22-16(9-17(24)10-20(22)25)12-27-23-19(11-26)18-7-8-28(14-21(18)30-23)13-15-5-3-2-4-6-15/h2-6,9-10,12H,7-8,13-14H2,1H3. The van der Waals surface area contributed by atoms with Crippen LogP contribution in [0.4, 0.5) is 5.00 Å². The van der Waals surface area contributed by atoms with E-state index >= 15 is 0 Å². The minimum Gasteiger partial charge on any atom is -0.495 e. The number of rotatable bonds is 5. The lowest BCUT2D eigenvalue weighted by Gasteiger charge is -2.26. The second-order valence-electron chi connectivity index (χ2n) is 7.01. The minimum atomic E-state index is 0.707. The summed E-state index contributed by atoms with van der Waals surface area (Å²) in [5, 5.41) is 10.5. The van der Waals surface area contributed by atoms with Crippen LogP contribution in [0.15, 0.2) is 56.4 Å². The van der Waals surface area contributed by atoms with Crippen LogP contribution in [0.2, 0.25) is 0 Å². The van der Waals surface area contributed by atoms with Gasteiger partial charge in [-0.05, 0) is 45.6 Å². The van der Waals surface area contributed by atoms with Gasteiger partial charge in [0.15, 0.2) is 0 Å². The van der Waals surface area contributed by atoms with Crippen molar-refractivity contribution < 1.29 is 4.74 Å². The average molecular weight is 545 g/mol. The van der Waals surface area contributed by atoms with Crippen LogP contribution < -0.4 is 4.74 Å². The number of hydrogen-bond acceptors (Lipinski definition) is 5. The van der Waals surface area contributed by atoms with Gasteiger partial charge in [-0.25, -0.2) is 4.99 Å². The van der Waals surface area contributed by atoms with Crippen molar-refractivity contribution in [3.8, 4) is 11.8 Å². The molecule has 0 unspecified atom stereocenters. The molecule has 0 atom stereocenters. The fourth-order valence-corrected chi connectivity index (χ4v) is 6.25. The molecule has 3 aromatic rings. The van der Waals surface area contributed by atoms with Crippen LogP contribution in [0.25, 0.3) is 0 Å². The lowest BCUT2D eigenvalue weighted by atomic mass is 10.0. The summed E-state index contributed by atoms with van der Waals surface area (Å²) < 4.78 is 7.28. The molecule has 1 aromatic heterocycles. The first kappa shape index (κ1) is 21.3. The first-order chi connectivity index (χ1) is 14.6. The third-order valence-corrected chi connectivity index (χ3v) is 7.21.